The highest BCUT2D eigenvalue weighted by atomic mass is 19.1. The minimum atomic E-state index is -0.696. The summed E-state index contributed by atoms with van der Waals surface area (Å²) in [5, 5.41) is 6.01. The average molecular weight is 821 g/mol. The van der Waals surface area contributed by atoms with Gasteiger partial charge in [-0.15, -0.1) is 0 Å². The molecule has 0 aliphatic carbocycles. The summed E-state index contributed by atoms with van der Waals surface area (Å²) in [4.78, 5) is 54.8. The molecular formula is C48H54F2N4O6. The first-order valence-electron chi connectivity index (χ1n) is 20.2. The lowest BCUT2D eigenvalue weighted by Crippen LogP contribution is -2.47. The van der Waals surface area contributed by atoms with E-state index in [1.54, 1.807) is 88.6 Å². The summed E-state index contributed by atoms with van der Waals surface area (Å²) in [5.74, 6) is -0.782. The van der Waals surface area contributed by atoms with Crippen LogP contribution in [0, 0.1) is 11.6 Å². The number of para-hydroxylation sites is 2. The van der Waals surface area contributed by atoms with Crippen LogP contribution >= 0.6 is 0 Å². The van der Waals surface area contributed by atoms with Crippen LogP contribution in [0.15, 0.2) is 121 Å². The number of hydrogen-bond acceptors (Lipinski definition) is 6. The number of likely N-dealkylation sites (N-methyl/N-ethyl adjacent to an activating group) is 2. The zero-order valence-corrected chi connectivity index (χ0v) is 34.9. The van der Waals surface area contributed by atoms with Gasteiger partial charge in [0.1, 0.15) is 35.2 Å². The molecule has 0 spiro atoms. The van der Waals surface area contributed by atoms with E-state index in [2.05, 4.69) is 10.6 Å². The summed E-state index contributed by atoms with van der Waals surface area (Å²) < 4.78 is 38.7. The number of carbonyl (C=O) groups excluding carboxylic acids is 4. The summed E-state index contributed by atoms with van der Waals surface area (Å²) in [5.41, 5.74) is 2.44. The molecule has 10 nitrogen and oxygen atoms in total. The summed E-state index contributed by atoms with van der Waals surface area (Å²) in [6, 6.07) is 24.3. The molecule has 60 heavy (non-hydrogen) atoms. The van der Waals surface area contributed by atoms with E-state index in [4.69, 9.17) is 9.47 Å². The summed E-state index contributed by atoms with van der Waals surface area (Å²) in [7, 11) is 3.21. The topological polar surface area (TPSA) is 117 Å². The van der Waals surface area contributed by atoms with E-state index in [0.29, 0.717) is 48.3 Å². The number of amides is 4. The Bertz CT molecular complexity index is 2010. The van der Waals surface area contributed by atoms with Crippen LogP contribution in [-0.4, -0.2) is 71.8 Å². The molecule has 12 heteroatoms. The molecule has 0 saturated heterocycles. The fourth-order valence-corrected chi connectivity index (χ4v) is 6.68. The van der Waals surface area contributed by atoms with Crippen LogP contribution in [0.1, 0.15) is 97.3 Å². The molecular weight excluding hydrogens is 767 g/mol. The van der Waals surface area contributed by atoms with E-state index in [9.17, 15) is 28.0 Å². The Morgan fingerprint density at radius 1 is 0.500 bits per heavy atom. The molecule has 6 rings (SSSR count). The van der Waals surface area contributed by atoms with Crippen molar-refractivity contribution in [2.45, 2.75) is 89.8 Å². The molecule has 0 saturated carbocycles. The van der Waals surface area contributed by atoms with Gasteiger partial charge in [0.05, 0.1) is 35.4 Å². The first kappa shape index (κ1) is 44.8. The summed E-state index contributed by atoms with van der Waals surface area (Å²) >= 11 is 0. The van der Waals surface area contributed by atoms with E-state index in [-0.39, 0.29) is 59.6 Å². The Morgan fingerprint density at radius 3 is 1.20 bits per heavy atom. The van der Waals surface area contributed by atoms with Crippen molar-refractivity contribution >= 4 is 23.6 Å². The van der Waals surface area contributed by atoms with Gasteiger partial charge in [-0.05, 0) is 100 Å². The van der Waals surface area contributed by atoms with Crippen molar-refractivity contribution in [2.75, 3.05) is 14.1 Å². The van der Waals surface area contributed by atoms with Crippen LogP contribution < -0.4 is 20.1 Å². The number of carbonyl (C=O) groups is 4. The molecule has 2 N–H and O–H groups in total. The third-order valence-electron chi connectivity index (χ3n) is 10.6. The van der Waals surface area contributed by atoms with E-state index >= 15 is 0 Å². The van der Waals surface area contributed by atoms with Gasteiger partial charge in [-0.1, -0.05) is 72.8 Å². The van der Waals surface area contributed by atoms with Gasteiger partial charge in [0.2, 0.25) is 11.8 Å². The number of nitrogens with zero attached hydrogens (tertiary/aromatic N) is 2. The molecule has 2 aliphatic heterocycles. The Kier molecular flexibility index (Phi) is 15.8. The highest BCUT2D eigenvalue weighted by Gasteiger charge is 2.29. The first-order chi connectivity index (χ1) is 28.7. The van der Waals surface area contributed by atoms with Gasteiger partial charge in [-0.2, -0.15) is 0 Å². The van der Waals surface area contributed by atoms with Crippen molar-refractivity contribution in [1.82, 2.24) is 20.4 Å². The first-order valence-corrected chi connectivity index (χ1v) is 20.2. The summed E-state index contributed by atoms with van der Waals surface area (Å²) in [6.45, 7) is 7.26. The third-order valence-corrected chi connectivity index (χ3v) is 10.6. The molecule has 0 radical (unpaired) electrons. The smallest absolute Gasteiger partial charge is 0.258 e. The molecule has 4 aromatic carbocycles. The predicted molar refractivity (Wildman–Crippen MR) is 227 cm³/mol. The number of rotatable bonds is 2. The monoisotopic (exact) mass is 820 g/mol. The van der Waals surface area contributed by atoms with Crippen molar-refractivity contribution in [3.63, 3.8) is 0 Å². The number of ether oxygens (including phenoxy) is 2. The Hall–Kier alpha value is -6.30. The fourth-order valence-electron chi connectivity index (χ4n) is 6.68. The van der Waals surface area contributed by atoms with Gasteiger partial charge in [0.25, 0.3) is 11.8 Å². The molecule has 0 aromatic heterocycles. The van der Waals surface area contributed by atoms with Gasteiger partial charge >= 0.3 is 0 Å². The molecule has 2 aliphatic rings. The van der Waals surface area contributed by atoms with Crippen LogP contribution in [0.2, 0.25) is 0 Å². The quantitative estimate of drug-likeness (QED) is 0.196. The van der Waals surface area contributed by atoms with E-state index in [0.717, 1.165) is 11.1 Å². The normalized spacial score (nSPS) is 24.3. The maximum absolute atomic E-state index is 13.3. The number of hydrogen-bond donors (Lipinski definition) is 2. The number of nitrogens with one attached hydrogen (secondary N) is 2. The third kappa shape index (κ3) is 11.9. The van der Waals surface area contributed by atoms with Crippen LogP contribution in [0.25, 0.3) is 0 Å². The van der Waals surface area contributed by atoms with Crippen molar-refractivity contribution in [3.05, 3.63) is 155 Å². The highest BCUT2D eigenvalue weighted by Crippen LogP contribution is 2.26. The highest BCUT2D eigenvalue weighted by molar-refractivity contribution is 6.00. The Labute approximate surface area is 351 Å². The number of benzene rings is 4. The maximum atomic E-state index is 13.3. The fraction of sp³-hybridized carbons (Fsp3) is 0.333. The van der Waals surface area contributed by atoms with Crippen molar-refractivity contribution < 1.29 is 37.4 Å². The van der Waals surface area contributed by atoms with Crippen LogP contribution in [-0.2, 0) is 9.59 Å². The molecule has 0 fully saturated rings. The lowest BCUT2D eigenvalue weighted by Gasteiger charge is -2.28. The molecule has 2 heterocycles. The van der Waals surface area contributed by atoms with Crippen LogP contribution in [0.4, 0.5) is 8.78 Å². The molecule has 4 aromatic rings. The standard InChI is InChI=1S/2C24H27FN2O3/c2*1-16-8-4-6-10-21(18-12-14-19(25)15-13-18)26-23(28)17(2)27(3)24(29)20-9-5-7-11-22(20)30-16/h2*4-7,9,11-17,21H,8,10H2,1-3H3,(H,26,28)/b6-4+;6-4-/t2*16-,17-,21-/m00/s1. The zero-order valence-electron chi connectivity index (χ0n) is 34.9. The minimum Gasteiger partial charge on any atom is -0.490 e. The maximum Gasteiger partial charge on any atom is 0.258 e. The molecule has 0 unspecified atom stereocenters. The average Bonchev–Trinajstić information content (AvgIpc) is 3.24. The lowest BCUT2D eigenvalue weighted by atomic mass is 10.0. The van der Waals surface area contributed by atoms with Crippen molar-refractivity contribution in [1.29, 1.82) is 0 Å². The van der Waals surface area contributed by atoms with Gasteiger partial charge in [0, 0.05) is 26.9 Å². The van der Waals surface area contributed by atoms with Gasteiger partial charge < -0.3 is 29.9 Å². The van der Waals surface area contributed by atoms with Crippen molar-refractivity contribution in [3.8, 4) is 11.5 Å². The SMILES string of the molecule is C[C@H]1C/C=C/C[C@@H](c2ccc(F)cc2)NC(=O)[C@H](C)N(C)C(=O)c2ccccc2O1.C[C@H]1C/C=C\C[C@@H](c2ccc(F)cc2)NC(=O)[C@H](C)N(C)C(=O)c2ccccc2O1. The molecule has 0 bridgehead atoms. The second kappa shape index (κ2) is 21.1. The number of fused-ring (bicyclic) bond motifs is 2. The van der Waals surface area contributed by atoms with Crippen LogP contribution in [0.5, 0.6) is 11.5 Å². The van der Waals surface area contributed by atoms with Gasteiger partial charge in [-0.25, -0.2) is 8.78 Å². The Balaban J connectivity index is 0.000000228. The molecule has 316 valence electrons. The zero-order chi connectivity index (χ0) is 43.3. The summed E-state index contributed by atoms with van der Waals surface area (Å²) in [6.07, 6.45) is 10.1. The minimum absolute atomic E-state index is 0.125. The van der Waals surface area contributed by atoms with E-state index < -0.39 is 12.1 Å². The van der Waals surface area contributed by atoms with Crippen LogP contribution in [0.3, 0.4) is 0 Å². The number of halogens is 2. The second-order valence-electron chi connectivity index (χ2n) is 15.1. The lowest BCUT2D eigenvalue weighted by molar-refractivity contribution is -0.126. The van der Waals surface area contributed by atoms with Crippen molar-refractivity contribution in [2.24, 2.45) is 0 Å². The second-order valence-corrected chi connectivity index (χ2v) is 15.1. The van der Waals surface area contributed by atoms with E-state index in [1.165, 1.54) is 34.1 Å². The van der Waals surface area contributed by atoms with Gasteiger partial charge in [-0.3, -0.25) is 19.2 Å². The Morgan fingerprint density at radius 2 is 0.833 bits per heavy atom. The van der Waals surface area contributed by atoms with Gasteiger partial charge in [0.15, 0.2) is 0 Å². The van der Waals surface area contributed by atoms with E-state index in [1.807, 2.05) is 50.3 Å². The largest absolute Gasteiger partial charge is 0.490 e. The molecule has 6 atom stereocenters. The predicted octanol–water partition coefficient (Wildman–Crippen LogP) is 8.52. The molecule has 4 amide bonds.